The van der Waals surface area contributed by atoms with Gasteiger partial charge in [0.05, 0.1) is 48.9 Å². The van der Waals surface area contributed by atoms with Gasteiger partial charge in [-0.1, -0.05) is 30.3 Å². The molecule has 39 heavy (non-hydrogen) atoms. The van der Waals surface area contributed by atoms with Crippen LogP contribution in [0.5, 0.6) is 0 Å². The van der Waals surface area contributed by atoms with Crippen molar-refractivity contribution >= 4 is 15.9 Å². The summed E-state index contributed by atoms with van der Waals surface area (Å²) in [6.07, 6.45) is 0.0617. The molecule has 5 rings (SSSR count). The van der Waals surface area contributed by atoms with Crippen molar-refractivity contribution in [3.05, 3.63) is 66.0 Å². The maximum absolute atomic E-state index is 13.5. The number of ether oxygens (including phenoxy) is 2. The Morgan fingerprint density at radius 3 is 2.56 bits per heavy atom. The van der Waals surface area contributed by atoms with Crippen molar-refractivity contribution in [2.45, 2.75) is 67.5 Å². The summed E-state index contributed by atoms with van der Waals surface area (Å²) in [6, 6.07) is 14.4. The summed E-state index contributed by atoms with van der Waals surface area (Å²) in [5, 5.41) is 13.5. The van der Waals surface area contributed by atoms with Gasteiger partial charge in [-0.25, -0.2) is 12.8 Å². The van der Waals surface area contributed by atoms with Gasteiger partial charge in [0.1, 0.15) is 5.82 Å². The number of halogens is 1. The largest absolute Gasteiger partial charge is 0.389 e. The zero-order valence-corrected chi connectivity index (χ0v) is 22.6. The Morgan fingerprint density at radius 1 is 1.03 bits per heavy atom. The van der Waals surface area contributed by atoms with Gasteiger partial charge in [-0.2, -0.15) is 4.31 Å². The van der Waals surface area contributed by atoms with Gasteiger partial charge in [-0.3, -0.25) is 9.69 Å². The van der Waals surface area contributed by atoms with Gasteiger partial charge in [-0.15, -0.1) is 0 Å². The van der Waals surface area contributed by atoms with Crippen LogP contribution in [0.25, 0.3) is 0 Å². The molecule has 5 atom stereocenters. The van der Waals surface area contributed by atoms with Crippen molar-refractivity contribution in [2.24, 2.45) is 0 Å². The third kappa shape index (κ3) is 7.03. The van der Waals surface area contributed by atoms with Crippen LogP contribution < -0.4 is 5.32 Å². The number of β-amino-alcohol motifs (C(OH)–C–C–N with tert-alkyl or cyclic N) is 1. The standard InChI is InChI=1S/C28H36FN3O6S/c29-21-6-9-25(10-7-21)39(35,36)32-17-23(33)18-37-19-27-26(32)11-8-24(38-27)14-28(34)30-22-12-13-31(16-22)15-20-4-2-1-3-5-20/h1-7,9-10,22-24,26-27,33H,8,11-19H2,(H,30,34)/t22-,23+,24+,26+,27-/m1/s1. The van der Waals surface area contributed by atoms with Crippen LogP contribution in [0.4, 0.5) is 4.39 Å². The van der Waals surface area contributed by atoms with E-state index in [2.05, 4.69) is 22.3 Å². The smallest absolute Gasteiger partial charge is 0.243 e. The van der Waals surface area contributed by atoms with Gasteiger partial charge in [0.15, 0.2) is 0 Å². The second-order valence-corrected chi connectivity index (χ2v) is 12.5. The second-order valence-electron chi connectivity index (χ2n) is 10.6. The normalized spacial score (nSPS) is 28.8. The molecule has 0 spiro atoms. The molecule has 11 heteroatoms. The molecule has 2 aromatic carbocycles. The fourth-order valence-corrected chi connectivity index (χ4v) is 7.46. The van der Waals surface area contributed by atoms with E-state index in [0.717, 1.165) is 38.2 Å². The molecule has 3 fully saturated rings. The molecule has 3 saturated heterocycles. The maximum Gasteiger partial charge on any atom is 0.243 e. The highest BCUT2D eigenvalue weighted by Crippen LogP contribution is 2.31. The first-order valence-electron chi connectivity index (χ1n) is 13.5. The summed E-state index contributed by atoms with van der Waals surface area (Å²) in [5.41, 5.74) is 1.25. The third-order valence-electron chi connectivity index (χ3n) is 7.65. The van der Waals surface area contributed by atoms with Crippen molar-refractivity contribution < 1.29 is 32.2 Å². The van der Waals surface area contributed by atoms with E-state index in [9.17, 15) is 22.7 Å². The summed E-state index contributed by atoms with van der Waals surface area (Å²) < 4.78 is 53.5. The SMILES string of the molecule is O=C(C[C@@H]1CC[C@H]2[C@@H](COC[C@@H](O)CN2S(=O)(=O)c2ccc(F)cc2)O1)N[C@@H]1CCN(Cc2ccccc2)C1. The summed E-state index contributed by atoms with van der Waals surface area (Å²) in [6.45, 7) is 2.49. The van der Waals surface area contributed by atoms with Gasteiger partial charge >= 0.3 is 0 Å². The Bertz CT molecular complexity index is 1220. The first kappa shape index (κ1) is 28.1. The molecule has 2 N–H and O–H groups in total. The molecule has 0 bridgehead atoms. The minimum absolute atomic E-state index is 0.0334. The zero-order valence-electron chi connectivity index (χ0n) is 21.8. The lowest BCUT2D eigenvalue weighted by Gasteiger charge is -2.43. The van der Waals surface area contributed by atoms with Crippen LogP contribution in [-0.4, -0.2) is 91.9 Å². The molecule has 0 aromatic heterocycles. The third-order valence-corrected chi connectivity index (χ3v) is 9.56. The van der Waals surface area contributed by atoms with E-state index in [4.69, 9.17) is 9.47 Å². The highest BCUT2D eigenvalue weighted by Gasteiger charge is 2.43. The van der Waals surface area contributed by atoms with E-state index in [1.165, 1.54) is 22.0 Å². The van der Waals surface area contributed by atoms with Crippen LogP contribution in [0.15, 0.2) is 59.5 Å². The minimum Gasteiger partial charge on any atom is -0.389 e. The van der Waals surface area contributed by atoms with Crippen LogP contribution in [0.2, 0.25) is 0 Å². The molecular formula is C28H36FN3O6S. The number of benzene rings is 2. The number of carbonyl (C=O) groups is 1. The summed E-state index contributed by atoms with van der Waals surface area (Å²) in [5.74, 6) is -0.612. The average molecular weight is 562 g/mol. The van der Waals surface area contributed by atoms with Crippen molar-refractivity contribution in [1.82, 2.24) is 14.5 Å². The minimum atomic E-state index is -4.02. The molecule has 3 aliphatic rings. The highest BCUT2D eigenvalue weighted by atomic mass is 32.2. The fraction of sp³-hybridized carbons (Fsp3) is 0.536. The number of fused-ring (bicyclic) bond motifs is 1. The number of sulfonamides is 1. The van der Waals surface area contributed by atoms with Crippen LogP contribution in [-0.2, 0) is 30.8 Å². The number of carbonyl (C=O) groups excluding carboxylic acids is 1. The number of hydrogen-bond donors (Lipinski definition) is 2. The van der Waals surface area contributed by atoms with E-state index >= 15 is 0 Å². The number of nitrogens with zero attached hydrogens (tertiary/aromatic N) is 2. The van der Waals surface area contributed by atoms with Gasteiger partial charge < -0.3 is 19.9 Å². The predicted octanol–water partition coefficient (Wildman–Crippen LogP) is 1.90. The number of aliphatic hydroxyl groups is 1. The van der Waals surface area contributed by atoms with Gasteiger partial charge in [0.2, 0.25) is 15.9 Å². The monoisotopic (exact) mass is 561 g/mol. The number of aliphatic hydroxyl groups excluding tert-OH is 1. The van der Waals surface area contributed by atoms with Crippen LogP contribution in [0, 0.1) is 5.82 Å². The Kier molecular flexibility index (Phi) is 8.95. The lowest BCUT2D eigenvalue weighted by atomic mass is 9.96. The average Bonchev–Trinajstić information content (AvgIpc) is 3.33. The maximum atomic E-state index is 13.5. The molecule has 3 aliphatic heterocycles. The lowest BCUT2D eigenvalue weighted by molar-refractivity contribution is -0.146. The van der Waals surface area contributed by atoms with Crippen molar-refractivity contribution in [2.75, 3.05) is 32.8 Å². The molecule has 0 unspecified atom stereocenters. The molecule has 1 amide bonds. The predicted molar refractivity (Wildman–Crippen MR) is 142 cm³/mol. The second kappa shape index (κ2) is 12.4. The summed E-state index contributed by atoms with van der Waals surface area (Å²) in [7, 11) is -4.02. The number of rotatable bonds is 7. The van der Waals surface area contributed by atoms with Gasteiger partial charge in [-0.05, 0) is 49.1 Å². The van der Waals surface area contributed by atoms with E-state index in [1.807, 2.05) is 18.2 Å². The van der Waals surface area contributed by atoms with Crippen molar-refractivity contribution in [1.29, 1.82) is 0 Å². The van der Waals surface area contributed by atoms with Crippen LogP contribution >= 0.6 is 0 Å². The molecule has 9 nitrogen and oxygen atoms in total. The molecule has 2 aromatic rings. The van der Waals surface area contributed by atoms with Crippen molar-refractivity contribution in [3.63, 3.8) is 0 Å². The number of likely N-dealkylation sites (tertiary alicyclic amines) is 1. The molecular weight excluding hydrogens is 525 g/mol. The topological polar surface area (TPSA) is 108 Å². The summed E-state index contributed by atoms with van der Waals surface area (Å²) in [4.78, 5) is 15.2. The number of nitrogens with one attached hydrogen (secondary N) is 1. The lowest BCUT2D eigenvalue weighted by Crippen LogP contribution is -2.57. The van der Waals surface area contributed by atoms with E-state index in [0.29, 0.717) is 12.8 Å². The molecule has 3 heterocycles. The molecule has 212 valence electrons. The number of hydrogen-bond acceptors (Lipinski definition) is 7. The number of amides is 1. The molecule has 0 aliphatic carbocycles. The summed E-state index contributed by atoms with van der Waals surface area (Å²) >= 11 is 0. The first-order valence-corrected chi connectivity index (χ1v) is 15.0. The Balaban J connectivity index is 1.18. The Morgan fingerprint density at radius 2 is 1.79 bits per heavy atom. The van der Waals surface area contributed by atoms with Crippen LogP contribution in [0.1, 0.15) is 31.2 Å². The van der Waals surface area contributed by atoms with Crippen molar-refractivity contribution in [3.8, 4) is 0 Å². The van der Waals surface area contributed by atoms with E-state index in [1.54, 1.807) is 0 Å². The van der Waals surface area contributed by atoms with E-state index < -0.39 is 34.1 Å². The Hall–Kier alpha value is -2.41. The molecule has 0 saturated carbocycles. The Labute approximate surface area is 228 Å². The van der Waals surface area contributed by atoms with Gasteiger partial charge in [0, 0.05) is 32.2 Å². The van der Waals surface area contributed by atoms with E-state index in [-0.39, 0.29) is 49.1 Å². The first-order chi connectivity index (χ1) is 18.8. The quantitative estimate of drug-likeness (QED) is 0.532. The van der Waals surface area contributed by atoms with Crippen LogP contribution in [0.3, 0.4) is 0 Å². The molecule has 0 radical (unpaired) electrons. The zero-order chi connectivity index (χ0) is 27.4. The highest BCUT2D eigenvalue weighted by molar-refractivity contribution is 7.89. The van der Waals surface area contributed by atoms with Gasteiger partial charge in [0.25, 0.3) is 0 Å². The fourth-order valence-electron chi connectivity index (χ4n) is 5.74.